The van der Waals surface area contributed by atoms with E-state index in [0.717, 1.165) is 18.8 Å². The van der Waals surface area contributed by atoms with Crippen molar-refractivity contribution < 1.29 is 9.53 Å². The van der Waals surface area contributed by atoms with Crippen LogP contribution >= 0.6 is 11.6 Å². The zero-order valence-corrected chi connectivity index (χ0v) is 16.6. The highest BCUT2D eigenvalue weighted by Crippen LogP contribution is 2.30. The van der Waals surface area contributed by atoms with E-state index in [1.54, 1.807) is 24.3 Å². The Morgan fingerprint density at radius 3 is 2.79 bits per heavy atom. The number of amides is 1. The summed E-state index contributed by atoms with van der Waals surface area (Å²) in [5.74, 6) is -0.193. The Balaban J connectivity index is 1.47. The van der Waals surface area contributed by atoms with Gasteiger partial charge in [-0.2, -0.15) is 0 Å². The van der Waals surface area contributed by atoms with Gasteiger partial charge in [0.25, 0.3) is 5.56 Å². The van der Waals surface area contributed by atoms with Gasteiger partial charge >= 0.3 is 0 Å². The van der Waals surface area contributed by atoms with E-state index in [1.165, 1.54) is 10.9 Å². The molecule has 1 amide bonds. The number of benzene rings is 2. The van der Waals surface area contributed by atoms with E-state index in [4.69, 9.17) is 16.3 Å². The van der Waals surface area contributed by atoms with E-state index in [9.17, 15) is 9.59 Å². The van der Waals surface area contributed by atoms with Gasteiger partial charge in [0, 0.05) is 31.1 Å². The summed E-state index contributed by atoms with van der Waals surface area (Å²) < 4.78 is 6.86. The first-order chi connectivity index (χ1) is 14.1. The molecule has 4 rings (SSSR count). The van der Waals surface area contributed by atoms with E-state index >= 15 is 0 Å². The van der Waals surface area contributed by atoms with Crippen LogP contribution in [0.3, 0.4) is 0 Å². The number of nitrogens with zero attached hydrogens (tertiary/aromatic N) is 3. The van der Waals surface area contributed by atoms with Crippen LogP contribution in [-0.4, -0.2) is 41.8 Å². The fourth-order valence-electron chi connectivity index (χ4n) is 3.39. The van der Waals surface area contributed by atoms with Crippen molar-refractivity contribution >= 4 is 39.8 Å². The molecular formula is C21H21ClN4O3. The number of carbonyl (C=O) groups excluding carboxylic acids is 1. The summed E-state index contributed by atoms with van der Waals surface area (Å²) in [6.07, 6.45) is 1.63. The predicted molar refractivity (Wildman–Crippen MR) is 114 cm³/mol. The first kappa shape index (κ1) is 19.4. The lowest BCUT2D eigenvalue weighted by atomic mass is 10.2. The van der Waals surface area contributed by atoms with E-state index in [2.05, 4.69) is 15.2 Å². The molecule has 3 aromatic rings. The highest BCUT2D eigenvalue weighted by molar-refractivity contribution is 6.31. The van der Waals surface area contributed by atoms with Gasteiger partial charge in [-0.05, 0) is 30.3 Å². The van der Waals surface area contributed by atoms with Crippen LogP contribution in [0.1, 0.15) is 6.42 Å². The second-order valence-electron chi connectivity index (χ2n) is 6.82. The standard InChI is InChI=1S/C21H21ClN4O3/c22-15-5-6-19(25-9-11-29-12-10-25)18(13-15)24-20(27)7-8-26-14-23-17-4-2-1-3-16(17)21(26)28/h1-6,13-14H,7-12H2,(H,24,27). The summed E-state index contributed by atoms with van der Waals surface area (Å²) in [7, 11) is 0. The maximum atomic E-state index is 12.6. The smallest absolute Gasteiger partial charge is 0.261 e. The van der Waals surface area contributed by atoms with E-state index in [1.807, 2.05) is 18.2 Å². The lowest BCUT2D eigenvalue weighted by Gasteiger charge is -2.30. The minimum atomic E-state index is -0.193. The predicted octanol–water partition coefficient (Wildman–Crippen LogP) is 2.92. The molecular weight excluding hydrogens is 392 g/mol. The van der Waals surface area contributed by atoms with Gasteiger partial charge in [-0.25, -0.2) is 4.98 Å². The Morgan fingerprint density at radius 1 is 1.17 bits per heavy atom. The number of morpholine rings is 1. The second kappa shape index (κ2) is 8.63. The molecule has 0 radical (unpaired) electrons. The Kier molecular flexibility index (Phi) is 5.78. The monoisotopic (exact) mass is 412 g/mol. The molecule has 8 heteroatoms. The van der Waals surface area contributed by atoms with Gasteiger partial charge in [0.05, 0.1) is 41.8 Å². The normalized spacial score (nSPS) is 14.2. The summed E-state index contributed by atoms with van der Waals surface area (Å²) in [5, 5.41) is 4.02. The first-order valence-electron chi connectivity index (χ1n) is 9.48. The highest BCUT2D eigenvalue weighted by Gasteiger charge is 2.17. The second-order valence-corrected chi connectivity index (χ2v) is 7.26. The number of rotatable bonds is 5. The Labute approximate surface area is 172 Å². The van der Waals surface area contributed by atoms with Crippen LogP contribution in [0.2, 0.25) is 5.02 Å². The average Bonchev–Trinajstić information content (AvgIpc) is 2.74. The fraction of sp³-hybridized carbons (Fsp3) is 0.286. The minimum absolute atomic E-state index is 0.148. The van der Waals surface area contributed by atoms with Crippen molar-refractivity contribution in [2.24, 2.45) is 0 Å². The zero-order valence-electron chi connectivity index (χ0n) is 15.8. The maximum Gasteiger partial charge on any atom is 0.261 e. The number of fused-ring (bicyclic) bond motifs is 1. The third-order valence-electron chi connectivity index (χ3n) is 4.90. The zero-order chi connectivity index (χ0) is 20.2. The maximum absolute atomic E-state index is 12.6. The molecule has 0 aliphatic carbocycles. The molecule has 1 aliphatic heterocycles. The van der Waals surface area contributed by atoms with Crippen molar-refractivity contribution in [3.8, 4) is 0 Å². The van der Waals surface area contributed by atoms with Crippen LogP contribution in [0, 0.1) is 0 Å². The number of para-hydroxylation sites is 1. The van der Waals surface area contributed by atoms with E-state index in [-0.39, 0.29) is 24.4 Å². The SMILES string of the molecule is O=C(CCn1cnc2ccccc2c1=O)Nc1cc(Cl)ccc1N1CCOCC1. The molecule has 1 aromatic heterocycles. The van der Waals surface area contributed by atoms with Crippen LogP contribution in [0.15, 0.2) is 53.6 Å². The largest absolute Gasteiger partial charge is 0.378 e. The minimum Gasteiger partial charge on any atom is -0.378 e. The number of nitrogens with one attached hydrogen (secondary N) is 1. The number of ether oxygens (including phenoxy) is 1. The Hall–Kier alpha value is -2.90. The lowest BCUT2D eigenvalue weighted by molar-refractivity contribution is -0.116. The third-order valence-corrected chi connectivity index (χ3v) is 5.13. The molecule has 150 valence electrons. The average molecular weight is 413 g/mol. The molecule has 1 N–H and O–H groups in total. The molecule has 2 aromatic carbocycles. The van der Waals surface area contributed by atoms with Crippen molar-refractivity contribution in [2.75, 3.05) is 36.5 Å². The molecule has 0 saturated carbocycles. The lowest BCUT2D eigenvalue weighted by Crippen LogP contribution is -2.36. The quantitative estimate of drug-likeness (QED) is 0.697. The van der Waals surface area contributed by atoms with Gasteiger partial charge < -0.3 is 15.0 Å². The van der Waals surface area contributed by atoms with E-state index in [0.29, 0.717) is 34.8 Å². The molecule has 7 nitrogen and oxygen atoms in total. The van der Waals surface area contributed by atoms with Crippen LogP contribution in [0.5, 0.6) is 0 Å². The molecule has 0 atom stereocenters. The molecule has 2 heterocycles. The molecule has 1 fully saturated rings. The number of hydrogen-bond acceptors (Lipinski definition) is 5. The molecule has 1 saturated heterocycles. The van der Waals surface area contributed by atoms with Crippen molar-refractivity contribution in [2.45, 2.75) is 13.0 Å². The van der Waals surface area contributed by atoms with Crippen LogP contribution in [0.25, 0.3) is 10.9 Å². The Morgan fingerprint density at radius 2 is 1.97 bits per heavy atom. The number of carbonyl (C=O) groups is 1. The van der Waals surface area contributed by atoms with Gasteiger partial charge in [0.1, 0.15) is 0 Å². The molecule has 0 bridgehead atoms. The van der Waals surface area contributed by atoms with Crippen molar-refractivity contribution in [3.63, 3.8) is 0 Å². The summed E-state index contributed by atoms with van der Waals surface area (Å²) in [6.45, 7) is 3.04. The van der Waals surface area contributed by atoms with Crippen molar-refractivity contribution in [1.82, 2.24) is 9.55 Å². The molecule has 1 aliphatic rings. The summed E-state index contributed by atoms with van der Waals surface area (Å²) in [6, 6.07) is 12.6. The first-order valence-corrected chi connectivity index (χ1v) is 9.86. The van der Waals surface area contributed by atoms with Crippen molar-refractivity contribution in [3.05, 3.63) is 64.2 Å². The van der Waals surface area contributed by atoms with Crippen molar-refractivity contribution in [1.29, 1.82) is 0 Å². The number of hydrogen-bond donors (Lipinski definition) is 1. The highest BCUT2D eigenvalue weighted by atomic mass is 35.5. The topological polar surface area (TPSA) is 76.5 Å². The van der Waals surface area contributed by atoms with Crippen LogP contribution < -0.4 is 15.8 Å². The third kappa shape index (κ3) is 4.41. The molecule has 0 unspecified atom stereocenters. The summed E-state index contributed by atoms with van der Waals surface area (Å²) in [4.78, 5) is 31.6. The van der Waals surface area contributed by atoms with Gasteiger partial charge in [-0.1, -0.05) is 23.7 Å². The van der Waals surface area contributed by atoms with Gasteiger partial charge in [-0.3, -0.25) is 14.2 Å². The summed E-state index contributed by atoms with van der Waals surface area (Å²) in [5.41, 5.74) is 2.07. The van der Waals surface area contributed by atoms with Crippen LogP contribution in [0.4, 0.5) is 11.4 Å². The Bertz CT molecular complexity index is 1090. The van der Waals surface area contributed by atoms with Crippen LogP contribution in [-0.2, 0) is 16.1 Å². The number of aromatic nitrogens is 2. The molecule has 29 heavy (non-hydrogen) atoms. The van der Waals surface area contributed by atoms with Gasteiger partial charge in [-0.15, -0.1) is 0 Å². The number of anilines is 2. The molecule has 0 spiro atoms. The number of halogens is 1. The van der Waals surface area contributed by atoms with Gasteiger partial charge in [0.2, 0.25) is 5.91 Å². The fourth-order valence-corrected chi connectivity index (χ4v) is 3.56. The number of aryl methyl sites for hydroxylation is 1. The van der Waals surface area contributed by atoms with Gasteiger partial charge in [0.15, 0.2) is 0 Å². The van der Waals surface area contributed by atoms with E-state index < -0.39 is 0 Å². The summed E-state index contributed by atoms with van der Waals surface area (Å²) >= 11 is 6.14.